The van der Waals surface area contributed by atoms with Crippen LogP contribution in [-0.2, 0) is 21.3 Å². The molecule has 4 heterocycles. The predicted molar refractivity (Wildman–Crippen MR) is 163 cm³/mol. The summed E-state index contributed by atoms with van der Waals surface area (Å²) in [5.41, 5.74) is 5.20. The Labute approximate surface area is 246 Å². The van der Waals surface area contributed by atoms with Crippen molar-refractivity contribution in [3.63, 3.8) is 0 Å². The summed E-state index contributed by atoms with van der Waals surface area (Å²) in [5, 5.41) is 11.8. The van der Waals surface area contributed by atoms with Gasteiger partial charge in [-0.15, -0.1) is 0 Å². The molecule has 0 radical (unpaired) electrons. The third-order valence-corrected chi connectivity index (χ3v) is 7.95. The number of hydrogen-bond donors (Lipinski definition) is 2. The number of nitrogens with zero attached hydrogens (tertiary/aromatic N) is 6. The van der Waals surface area contributed by atoms with Crippen molar-refractivity contribution in [1.82, 2.24) is 34.9 Å². The number of rotatable bonds is 10. The number of allylic oxidation sites excluding steroid dienone is 2. The summed E-state index contributed by atoms with van der Waals surface area (Å²) in [6.45, 7) is 11.4. The average Bonchev–Trinajstić information content (AvgIpc) is 3.40. The summed E-state index contributed by atoms with van der Waals surface area (Å²) < 4.78 is 12.9. The number of carbonyl (C=O) groups is 1. The number of anilines is 1. The Balaban J connectivity index is 1.37. The van der Waals surface area contributed by atoms with Crippen molar-refractivity contribution in [3.8, 4) is 11.3 Å². The lowest BCUT2D eigenvalue weighted by Crippen LogP contribution is -2.48. The molecule has 0 aliphatic carbocycles. The van der Waals surface area contributed by atoms with Gasteiger partial charge in [-0.1, -0.05) is 18.7 Å². The maximum atomic E-state index is 12.5. The SMILES string of the molecule is C=CC(=O)NC(/C=C(\COC)Nc1cc(-c2ccc3cnn(C)c3c2)ncn1)=C(/C)N1CCC(N2CCOCC2)CC1. The number of piperidine rings is 1. The van der Waals surface area contributed by atoms with Crippen molar-refractivity contribution in [2.45, 2.75) is 25.8 Å². The minimum absolute atomic E-state index is 0.268. The highest BCUT2D eigenvalue weighted by molar-refractivity contribution is 5.88. The molecule has 11 heteroatoms. The van der Waals surface area contributed by atoms with Crippen LogP contribution in [0.3, 0.4) is 0 Å². The maximum Gasteiger partial charge on any atom is 0.247 e. The third kappa shape index (κ3) is 7.04. The van der Waals surface area contributed by atoms with Gasteiger partial charge < -0.3 is 25.0 Å². The molecule has 0 unspecified atom stereocenters. The lowest BCUT2D eigenvalue weighted by molar-refractivity contribution is -0.115. The lowest BCUT2D eigenvalue weighted by Gasteiger charge is -2.41. The van der Waals surface area contributed by atoms with Crippen molar-refractivity contribution in [2.24, 2.45) is 7.05 Å². The molecule has 5 rings (SSSR count). The van der Waals surface area contributed by atoms with Gasteiger partial charge in [0, 0.05) is 74.8 Å². The summed E-state index contributed by atoms with van der Waals surface area (Å²) in [6.07, 6.45) is 8.72. The number of benzene rings is 1. The Hall–Kier alpha value is -4.06. The summed E-state index contributed by atoms with van der Waals surface area (Å²) in [4.78, 5) is 26.3. The van der Waals surface area contributed by atoms with Gasteiger partial charge in [-0.25, -0.2) is 9.97 Å². The zero-order valence-electron chi connectivity index (χ0n) is 24.7. The molecule has 2 aromatic heterocycles. The van der Waals surface area contributed by atoms with E-state index < -0.39 is 0 Å². The van der Waals surface area contributed by atoms with Gasteiger partial charge in [-0.2, -0.15) is 5.10 Å². The molecule has 2 saturated heterocycles. The second-order valence-corrected chi connectivity index (χ2v) is 10.6. The molecule has 1 aromatic carbocycles. The van der Waals surface area contributed by atoms with E-state index >= 15 is 0 Å². The largest absolute Gasteiger partial charge is 0.379 e. The highest BCUT2D eigenvalue weighted by atomic mass is 16.5. The van der Waals surface area contributed by atoms with Gasteiger partial charge in [0.1, 0.15) is 12.1 Å². The van der Waals surface area contributed by atoms with Crippen LogP contribution in [-0.4, -0.2) is 94.6 Å². The molecule has 1 amide bonds. The highest BCUT2D eigenvalue weighted by Crippen LogP contribution is 2.25. The van der Waals surface area contributed by atoms with Crippen LogP contribution in [0.15, 0.2) is 72.6 Å². The van der Waals surface area contributed by atoms with Gasteiger partial charge in [0.25, 0.3) is 0 Å². The molecule has 222 valence electrons. The fourth-order valence-corrected chi connectivity index (χ4v) is 5.59. The topological polar surface area (TPSA) is 110 Å². The molecule has 2 fully saturated rings. The Morgan fingerprint density at radius 2 is 1.95 bits per heavy atom. The zero-order chi connectivity index (χ0) is 29.5. The number of aryl methyl sites for hydroxylation is 1. The molecule has 11 nitrogen and oxygen atoms in total. The Morgan fingerprint density at radius 3 is 2.69 bits per heavy atom. The molecule has 2 aliphatic rings. The number of morpholine rings is 1. The predicted octanol–water partition coefficient (Wildman–Crippen LogP) is 3.30. The number of likely N-dealkylation sites (tertiary alicyclic amines) is 1. The Kier molecular flexibility index (Phi) is 9.63. The molecule has 2 aliphatic heterocycles. The van der Waals surface area contributed by atoms with Gasteiger partial charge in [-0.05, 0) is 38.0 Å². The number of ether oxygens (including phenoxy) is 2. The number of methoxy groups -OCH3 is 1. The molecular formula is C31H40N8O3. The minimum Gasteiger partial charge on any atom is -0.379 e. The van der Waals surface area contributed by atoms with E-state index in [9.17, 15) is 4.79 Å². The second-order valence-electron chi connectivity index (χ2n) is 10.6. The van der Waals surface area contributed by atoms with E-state index in [4.69, 9.17) is 9.47 Å². The summed E-state index contributed by atoms with van der Waals surface area (Å²) >= 11 is 0. The molecule has 0 saturated carbocycles. The van der Waals surface area contributed by atoms with Crippen molar-refractivity contribution in [2.75, 3.05) is 58.4 Å². The standard InChI is InChI=1S/C31H40N8O3/c1-5-31(40)36-27(22(2)38-10-8-26(9-11-38)39-12-14-42-15-13-39)17-25(20-41-4)35-30-18-28(32-21-33-30)23-6-7-24-19-34-37(3)29(24)16-23/h5-7,16-19,21,26H,1,8-15,20H2,2-4H3,(H,36,40)(H,32,33,35)/b25-17+,27-22-. The first-order valence-corrected chi connectivity index (χ1v) is 14.4. The third-order valence-electron chi connectivity index (χ3n) is 7.95. The van der Waals surface area contributed by atoms with Gasteiger partial charge >= 0.3 is 0 Å². The van der Waals surface area contributed by atoms with Crippen LogP contribution >= 0.6 is 0 Å². The van der Waals surface area contributed by atoms with Gasteiger partial charge in [0.2, 0.25) is 5.91 Å². The number of aromatic nitrogens is 4. The fourth-order valence-electron chi connectivity index (χ4n) is 5.59. The average molecular weight is 573 g/mol. The van der Waals surface area contributed by atoms with E-state index in [1.807, 2.05) is 49.1 Å². The van der Waals surface area contributed by atoms with Crippen LogP contribution in [0.1, 0.15) is 19.8 Å². The first-order chi connectivity index (χ1) is 20.4. The van der Waals surface area contributed by atoms with Gasteiger partial charge in [-0.3, -0.25) is 14.4 Å². The van der Waals surface area contributed by atoms with Crippen molar-refractivity contribution >= 4 is 22.6 Å². The molecule has 0 atom stereocenters. The number of fused-ring (bicyclic) bond motifs is 1. The van der Waals surface area contributed by atoms with E-state index in [0.717, 1.165) is 85.8 Å². The maximum absolute atomic E-state index is 12.5. The Morgan fingerprint density at radius 1 is 1.17 bits per heavy atom. The Bertz CT molecular complexity index is 1470. The summed E-state index contributed by atoms with van der Waals surface area (Å²) in [7, 11) is 3.56. The molecule has 42 heavy (non-hydrogen) atoms. The van der Waals surface area contributed by atoms with E-state index in [2.05, 4.69) is 48.1 Å². The first kappa shape index (κ1) is 29.4. The first-order valence-electron chi connectivity index (χ1n) is 14.4. The monoisotopic (exact) mass is 572 g/mol. The van der Waals surface area contributed by atoms with Crippen LogP contribution in [0, 0.1) is 0 Å². The van der Waals surface area contributed by atoms with Crippen molar-refractivity contribution in [1.29, 1.82) is 0 Å². The quantitative estimate of drug-likeness (QED) is 0.279. The van der Waals surface area contributed by atoms with E-state index in [1.165, 1.54) is 12.4 Å². The number of hydrogen-bond acceptors (Lipinski definition) is 9. The van der Waals surface area contributed by atoms with Crippen LogP contribution < -0.4 is 10.6 Å². The zero-order valence-corrected chi connectivity index (χ0v) is 24.7. The minimum atomic E-state index is -0.268. The smallest absolute Gasteiger partial charge is 0.247 e. The molecule has 2 N–H and O–H groups in total. The van der Waals surface area contributed by atoms with E-state index in [1.54, 1.807) is 7.11 Å². The van der Waals surface area contributed by atoms with E-state index in [0.29, 0.717) is 24.2 Å². The van der Waals surface area contributed by atoms with Crippen LogP contribution in [0.2, 0.25) is 0 Å². The number of carbonyl (C=O) groups excluding carboxylic acids is 1. The van der Waals surface area contributed by atoms with Gasteiger partial charge in [0.15, 0.2) is 0 Å². The highest BCUT2D eigenvalue weighted by Gasteiger charge is 2.26. The normalized spacial score (nSPS) is 17.7. The fraction of sp³-hybridized carbons (Fsp3) is 0.419. The van der Waals surface area contributed by atoms with Crippen molar-refractivity contribution in [3.05, 3.63) is 72.6 Å². The molecule has 0 spiro atoms. The molecule has 3 aromatic rings. The second kappa shape index (κ2) is 13.7. The number of nitrogens with one attached hydrogen (secondary N) is 2. The van der Waals surface area contributed by atoms with Gasteiger partial charge in [0.05, 0.1) is 42.9 Å². The molecule has 0 bridgehead atoms. The summed E-state index contributed by atoms with van der Waals surface area (Å²) in [5.74, 6) is 0.349. The van der Waals surface area contributed by atoms with Crippen LogP contribution in [0.4, 0.5) is 5.82 Å². The van der Waals surface area contributed by atoms with Crippen LogP contribution in [0.5, 0.6) is 0 Å². The lowest BCUT2D eigenvalue weighted by atomic mass is 10.0. The molecular weight excluding hydrogens is 532 g/mol. The summed E-state index contributed by atoms with van der Waals surface area (Å²) in [6, 6.07) is 8.60. The van der Waals surface area contributed by atoms with Crippen LogP contribution in [0.25, 0.3) is 22.2 Å². The van der Waals surface area contributed by atoms with Crippen molar-refractivity contribution < 1.29 is 14.3 Å². The number of amides is 1. The van der Waals surface area contributed by atoms with E-state index in [-0.39, 0.29) is 5.91 Å².